The highest BCUT2D eigenvalue weighted by molar-refractivity contribution is 14.1. The van der Waals surface area contributed by atoms with Gasteiger partial charge >= 0.3 is 0 Å². The molecule has 18 heavy (non-hydrogen) atoms. The molecule has 0 spiro atoms. The molecule has 6 heteroatoms. The smallest absolute Gasteiger partial charge is 0.252 e. The van der Waals surface area contributed by atoms with Gasteiger partial charge in [-0.1, -0.05) is 0 Å². The third kappa shape index (κ3) is 5.07. The zero-order valence-corrected chi connectivity index (χ0v) is 12.8. The lowest BCUT2D eigenvalue weighted by molar-refractivity contribution is 0.0951. The summed E-state index contributed by atoms with van der Waals surface area (Å²) >= 11 is 7.87. The van der Waals surface area contributed by atoms with Crippen LogP contribution in [0.5, 0.6) is 0 Å². The SMILES string of the molecule is COCC(Cl)CCNC(=O)c1ccc(F)cc1I. The van der Waals surface area contributed by atoms with Crippen LogP contribution in [-0.2, 0) is 4.74 Å². The van der Waals surface area contributed by atoms with Crippen molar-refractivity contribution in [2.75, 3.05) is 20.3 Å². The molecule has 0 fully saturated rings. The first-order chi connectivity index (χ1) is 8.54. The summed E-state index contributed by atoms with van der Waals surface area (Å²) in [4.78, 5) is 11.8. The lowest BCUT2D eigenvalue weighted by atomic mass is 10.2. The van der Waals surface area contributed by atoms with E-state index in [1.165, 1.54) is 18.2 Å². The van der Waals surface area contributed by atoms with Crippen LogP contribution in [0.2, 0.25) is 0 Å². The molecule has 0 aromatic heterocycles. The van der Waals surface area contributed by atoms with E-state index in [0.29, 0.717) is 28.7 Å². The molecule has 0 saturated heterocycles. The largest absolute Gasteiger partial charge is 0.383 e. The molecule has 0 aliphatic heterocycles. The Balaban J connectivity index is 2.45. The minimum absolute atomic E-state index is 0.123. The fourth-order valence-corrected chi connectivity index (χ4v) is 2.33. The van der Waals surface area contributed by atoms with Gasteiger partial charge in [0.05, 0.1) is 17.5 Å². The molecule has 0 radical (unpaired) electrons. The average molecular weight is 386 g/mol. The van der Waals surface area contributed by atoms with Gasteiger partial charge in [0.1, 0.15) is 5.82 Å². The van der Waals surface area contributed by atoms with Gasteiger partial charge in [-0.2, -0.15) is 0 Å². The van der Waals surface area contributed by atoms with E-state index in [4.69, 9.17) is 16.3 Å². The van der Waals surface area contributed by atoms with Crippen molar-refractivity contribution in [3.63, 3.8) is 0 Å². The minimum Gasteiger partial charge on any atom is -0.383 e. The Morgan fingerprint density at radius 3 is 2.94 bits per heavy atom. The number of methoxy groups -OCH3 is 1. The van der Waals surface area contributed by atoms with E-state index in [0.717, 1.165) is 0 Å². The van der Waals surface area contributed by atoms with Crippen LogP contribution in [0.4, 0.5) is 4.39 Å². The van der Waals surface area contributed by atoms with Gasteiger partial charge in [0, 0.05) is 17.2 Å². The lowest BCUT2D eigenvalue weighted by Crippen LogP contribution is -2.27. The van der Waals surface area contributed by atoms with Crippen LogP contribution in [0.3, 0.4) is 0 Å². The number of benzene rings is 1. The van der Waals surface area contributed by atoms with Crippen molar-refractivity contribution in [3.05, 3.63) is 33.1 Å². The molecule has 1 aromatic carbocycles. The summed E-state index contributed by atoms with van der Waals surface area (Å²) in [7, 11) is 1.58. The average Bonchev–Trinajstić information content (AvgIpc) is 2.29. The highest BCUT2D eigenvalue weighted by Crippen LogP contribution is 2.13. The summed E-state index contributed by atoms with van der Waals surface area (Å²) in [5.74, 6) is -0.572. The van der Waals surface area contributed by atoms with Gasteiger partial charge in [-0.05, 0) is 47.2 Å². The summed E-state index contributed by atoms with van der Waals surface area (Å²) < 4.78 is 18.4. The fourth-order valence-electron chi connectivity index (χ4n) is 1.38. The van der Waals surface area contributed by atoms with Crippen LogP contribution in [0.15, 0.2) is 18.2 Å². The van der Waals surface area contributed by atoms with E-state index < -0.39 is 0 Å². The first-order valence-corrected chi connectivity index (χ1v) is 6.92. The standard InChI is InChI=1S/C12H14ClFINO2/c1-18-7-8(13)4-5-16-12(17)10-3-2-9(14)6-11(10)15/h2-3,6,8H,4-5,7H2,1H3,(H,16,17). The van der Waals surface area contributed by atoms with Crippen molar-refractivity contribution in [1.82, 2.24) is 5.32 Å². The zero-order valence-electron chi connectivity index (χ0n) is 9.88. The van der Waals surface area contributed by atoms with E-state index in [9.17, 15) is 9.18 Å². The molecule has 1 atom stereocenters. The second kappa shape index (κ2) is 7.91. The highest BCUT2D eigenvalue weighted by atomic mass is 127. The second-order valence-corrected chi connectivity index (χ2v) is 5.50. The predicted molar refractivity (Wildman–Crippen MR) is 77.6 cm³/mol. The molecular weight excluding hydrogens is 371 g/mol. The maximum absolute atomic E-state index is 12.9. The monoisotopic (exact) mass is 385 g/mol. The highest BCUT2D eigenvalue weighted by Gasteiger charge is 2.11. The predicted octanol–water partition coefficient (Wildman–Crippen LogP) is 2.80. The van der Waals surface area contributed by atoms with Gasteiger partial charge in [0.15, 0.2) is 0 Å². The van der Waals surface area contributed by atoms with Crippen molar-refractivity contribution < 1.29 is 13.9 Å². The molecule has 3 nitrogen and oxygen atoms in total. The maximum atomic E-state index is 12.9. The normalized spacial score (nSPS) is 12.2. The van der Waals surface area contributed by atoms with Gasteiger partial charge in [0.2, 0.25) is 0 Å². The van der Waals surface area contributed by atoms with E-state index >= 15 is 0 Å². The van der Waals surface area contributed by atoms with Crippen LogP contribution < -0.4 is 5.32 Å². The lowest BCUT2D eigenvalue weighted by Gasteiger charge is -2.10. The quantitative estimate of drug-likeness (QED) is 0.604. The number of ether oxygens (including phenoxy) is 1. The van der Waals surface area contributed by atoms with E-state index in [2.05, 4.69) is 5.32 Å². The Labute approximate surface area is 124 Å². The number of amides is 1. The van der Waals surface area contributed by atoms with E-state index in [1.807, 2.05) is 22.6 Å². The molecule has 100 valence electrons. The summed E-state index contributed by atoms with van der Waals surface area (Å²) in [5.41, 5.74) is 0.467. The molecular formula is C12H14ClFINO2. The van der Waals surface area contributed by atoms with Crippen LogP contribution in [0.1, 0.15) is 16.8 Å². The van der Waals surface area contributed by atoms with Gasteiger partial charge in [-0.25, -0.2) is 4.39 Å². The summed E-state index contributed by atoms with van der Waals surface area (Å²) in [5, 5.41) is 2.62. The molecule has 0 aliphatic rings. The maximum Gasteiger partial charge on any atom is 0.252 e. The number of carbonyl (C=O) groups excluding carboxylic acids is 1. The fraction of sp³-hybridized carbons (Fsp3) is 0.417. The molecule has 1 N–H and O–H groups in total. The number of carbonyl (C=O) groups is 1. The third-order valence-electron chi connectivity index (χ3n) is 2.27. The van der Waals surface area contributed by atoms with Gasteiger partial charge in [-0.15, -0.1) is 11.6 Å². The van der Waals surface area contributed by atoms with Crippen LogP contribution >= 0.6 is 34.2 Å². The Bertz CT molecular complexity index is 417. The Kier molecular flexibility index (Phi) is 6.88. The number of alkyl halides is 1. The van der Waals surface area contributed by atoms with E-state index in [-0.39, 0.29) is 17.1 Å². The topological polar surface area (TPSA) is 38.3 Å². The molecule has 1 unspecified atom stereocenters. The Morgan fingerprint density at radius 1 is 1.61 bits per heavy atom. The van der Waals surface area contributed by atoms with Crippen LogP contribution in [-0.4, -0.2) is 31.5 Å². The number of halogens is 3. The first-order valence-electron chi connectivity index (χ1n) is 5.41. The number of nitrogens with one attached hydrogen (secondary N) is 1. The van der Waals surface area contributed by atoms with Crippen molar-refractivity contribution in [3.8, 4) is 0 Å². The number of hydrogen-bond donors (Lipinski definition) is 1. The first kappa shape index (κ1) is 15.7. The van der Waals surface area contributed by atoms with Crippen molar-refractivity contribution in [2.45, 2.75) is 11.8 Å². The molecule has 0 heterocycles. The van der Waals surface area contributed by atoms with Gasteiger partial charge in [-0.3, -0.25) is 4.79 Å². The molecule has 1 amide bonds. The molecule has 1 aromatic rings. The van der Waals surface area contributed by atoms with Crippen LogP contribution in [0.25, 0.3) is 0 Å². The Morgan fingerprint density at radius 2 is 2.33 bits per heavy atom. The molecule has 0 aliphatic carbocycles. The molecule has 0 saturated carbocycles. The second-order valence-electron chi connectivity index (χ2n) is 3.72. The molecule has 0 bridgehead atoms. The number of rotatable bonds is 6. The van der Waals surface area contributed by atoms with Crippen molar-refractivity contribution >= 4 is 40.1 Å². The summed E-state index contributed by atoms with van der Waals surface area (Å²) in [6, 6.07) is 4.07. The van der Waals surface area contributed by atoms with Crippen molar-refractivity contribution in [2.24, 2.45) is 0 Å². The van der Waals surface area contributed by atoms with Gasteiger partial charge in [0.25, 0.3) is 5.91 Å². The summed E-state index contributed by atoms with van der Waals surface area (Å²) in [6.45, 7) is 0.912. The molecule has 1 rings (SSSR count). The minimum atomic E-state index is -0.350. The summed E-state index contributed by atoms with van der Waals surface area (Å²) in [6.07, 6.45) is 0.624. The zero-order chi connectivity index (χ0) is 13.5. The Hall–Kier alpha value is -0.400. The van der Waals surface area contributed by atoms with Crippen LogP contribution in [0, 0.1) is 9.39 Å². The van der Waals surface area contributed by atoms with Gasteiger partial charge < -0.3 is 10.1 Å². The van der Waals surface area contributed by atoms with Crippen molar-refractivity contribution in [1.29, 1.82) is 0 Å². The van der Waals surface area contributed by atoms with E-state index in [1.54, 1.807) is 7.11 Å². The number of hydrogen-bond acceptors (Lipinski definition) is 2. The third-order valence-corrected chi connectivity index (χ3v) is 3.50.